The number of carbonyl (C=O) groups excluding carboxylic acids is 1. The Morgan fingerprint density at radius 2 is 2.12 bits per heavy atom. The highest BCUT2D eigenvalue weighted by Crippen LogP contribution is 2.29. The van der Waals surface area contributed by atoms with Crippen molar-refractivity contribution in [2.75, 3.05) is 0 Å². The van der Waals surface area contributed by atoms with Gasteiger partial charge >= 0.3 is 0 Å². The van der Waals surface area contributed by atoms with Crippen molar-refractivity contribution in [3.63, 3.8) is 0 Å². The van der Waals surface area contributed by atoms with Crippen molar-refractivity contribution in [2.24, 2.45) is 0 Å². The molecule has 2 aromatic rings. The maximum atomic E-state index is 12.3. The van der Waals surface area contributed by atoms with Gasteiger partial charge in [0.15, 0.2) is 0 Å². The van der Waals surface area contributed by atoms with Gasteiger partial charge in [0, 0.05) is 23.5 Å². The summed E-state index contributed by atoms with van der Waals surface area (Å²) in [6, 6.07) is 7.22. The molecule has 0 aliphatic rings. The van der Waals surface area contributed by atoms with Crippen LogP contribution in [-0.4, -0.2) is 5.78 Å². The van der Waals surface area contributed by atoms with Gasteiger partial charge in [0.1, 0.15) is 0 Å². The van der Waals surface area contributed by atoms with Crippen LogP contribution in [0.3, 0.4) is 0 Å². The minimum Gasteiger partial charge on any atom is -0.288 e. The molecule has 0 amide bonds. The molecule has 1 aromatic carbocycles. The summed E-state index contributed by atoms with van der Waals surface area (Å²) < 4.78 is 1.89. The molecular formula is C12H7BrClIOS. The van der Waals surface area contributed by atoms with Gasteiger partial charge in [-0.25, -0.2) is 0 Å². The molecule has 0 aliphatic heterocycles. The zero-order valence-electron chi connectivity index (χ0n) is 8.76. The van der Waals surface area contributed by atoms with E-state index in [9.17, 15) is 4.79 Å². The highest BCUT2D eigenvalue weighted by molar-refractivity contribution is 14.1. The van der Waals surface area contributed by atoms with E-state index in [0.29, 0.717) is 10.6 Å². The van der Waals surface area contributed by atoms with E-state index in [2.05, 4.69) is 38.5 Å². The molecule has 2 rings (SSSR count). The van der Waals surface area contributed by atoms with Gasteiger partial charge in [0.25, 0.3) is 0 Å². The summed E-state index contributed by atoms with van der Waals surface area (Å²) >= 11 is 13.0. The Labute approximate surface area is 130 Å². The Kier molecular flexibility index (Phi) is 4.28. The fourth-order valence-electron chi connectivity index (χ4n) is 1.38. The van der Waals surface area contributed by atoms with Crippen molar-refractivity contribution in [3.8, 4) is 0 Å². The van der Waals surface area contributed by atoms with Crippen LogP contribution >= 0.6 is 61.5 Å². The SMILES string of the molecule is Cc1sc(C(=O)c2cc(Cl)ccc2I)cc1Br. The Balaban J connectivity index is 2.47. The molecular weight excluding hydrogens is 434 g/mol. The third-order valence-corrected chi connectivity index (χ3v) is 5.57. The Morgan fingerprint density at radius 3 is 2.71 bits per heavy atom. The number of ketones is 1. The molecule has 1 nitrogen and oxygen atoms in total. The van der Waals surface area contributed by atoms with E-state index in [1.807, 2.05) is 19.1 Å². The maximum absolute atomic E-state index is 12.3. The smallest absolute Gasteiger partial charge is 0.204 e. The predicted molar refractivity (Wildman–Crippen MR) is 84.4 cm³/mol. The van der Waals surface area contributed by atoms with Gasteiger partial charge in [0.05, 0.1) is 4.88 Å². The monoisotopic (exact) mass is 440 g/mol. The lowest BCUT2D eigenvalue weighted by Gasteiger charge is -2.02. The number of aryl methyl sites for hydroxylation is 1. The number of halogens is 3. The van der Waals surface area contributed by atoms with Crippen molar-refractivity contribution in [2.45, 2.75) is 6.92 Å². The van der Waals surface area contributed by atoms with Crippen LogP contribution in [0.1, 0.15) is 20.1 Å². The van der Waals surface area contributed by atoms with Gasteiger partial charge in [-0.15, -0.1) is 11.3 Å². The van der Waals surface area contributed by atoms with Gasteiger partial charge in [0.2, 0.25) is 5.78 Å². The zero-order chi connectivity index (χ0) is 12.6. The van der Waals surface area contributed by atoms with E-state index < -0.39 is 0 Å². The van der Waals surface area contributed by atoms with Crippen LogP contribution in [0, 0.1) is 10.5 Å². The van der Waals surface area contributed by atoms with Crippen molar-refractivity contribution in [1.82, 2.24) is 0 Å². The van der Waals surface area contributed by atoms with Gasteiger partial charge < -0.3 is 0 Å². The molecule has 0 saturated carbocycles. The second-order valence-electron chi connectivity index (χ2n) is 3.47. The van der Waals surface area contributed by atoms with Crippen molar-refractivity contribution < 1.29 is 4.79 Å². The Morgan fingerprint density at radius 1 is 1.41 bits per heavy atom. The van der Waals surface area contributed by atoms with Gasteiger partial charge in [-0.2, -0.15) is 0 Å². The number of hydrogen-bond donors (Lipinski definition) is 0. The first-order valence-electron chi connectivity index (χ1n) is 4.74. The molecule has 5 heteroatoms. The van der Waals surface area contributed by atoms with E-state index in [4.69, 9.17) is 11.6 Å². The predicted octanol–water partition coefficient (Wildman–Crippen LogP) is 5.31. The van der Waals surface area contributed by atoms with Gasteiger partial charge in [-0.1, -0.05) is 11.6 Å². The second-order valence-corrected chi connectivity index (χ2v) is 7.18. The van der Waals surface area contributed by atoms with Crippen LogP contribution in [-0.2, 0) is 0 Å². The molecule has 0 N–H and O–H groups in total. The van der Waals surface area contributed by atoms with E-state index in [-0.39, 0.29) is 5.78 Å². The largest absolute Gasteiger partial charge is 0.288 e. The lowest BCUT2D eigenvalue weighted by molar-refractivity contribution is 0.104. The van der Waals surface area contributed by atoms with Crippen LogP contribution in [0.25, 0.3) is 0 Å². The average molecular weight is 442 g/mol. The first-order valence-corrected chi connectivity index (χ1v) is 7.81. The number of carbonyl (C=O) groups is 1. The summed E-state index contributed by atoms with van der Waals surface area (Å²) in [5.74, 6) is 0.0238. The van der Waals surface area contributed by atoms with E-state index in [1.54, 1.807) is 12.1 Å². The molecule has 0 fully saturated rings. The van der Waals surface area contributed by atoms with Gasteiger partial charge in [-0.05, 0) is 69.7 Å². The summed E-state index contributed by atoms with van der Waals surface area (Å²) in [7, 11) is 0. The first kappa shape index (κ1) is 13.5. The van der Waals surface area contributed by atoms with Crippen LogP contribution in [0.15, 0.2) is 28.7 Å². The quantitative estimate of drug-likeness (QED) is 0.456. The Hall–Kier alpha value is 0.0900. The van der Waals surface area contributed by atoms with Crippen LogP contribution < -0.4 is 0 Å². The van der Waals surface area contributed by atoms with Gasteiger partial charge in [-0.3, -0.25) is 4.79 Å². The molecule has 0 bridgehead atoms. The van der Waals surface area contributed by atoms with Crippen molar-refractivity contribution in [1.29, 1.82) is 0 Å². The molecule has 1 aromatic heterocycles. The summed E-state index contributed by atoms with van der Waals surface area (Å²) in [6.45, 7) is 1.98. The lowest BCUT2D eigenvalue weighted by Crippen LogP contribution is -2.01. The number of benzene rings is 1. The summed E-state index contributed by atoms with van der Waals surface area (Å²) in [5, 5.41) is 0.584. The average Bonchev–Trinajstić information content (AvgIpc) is 2.62. The molecule has 0 aliphatic carbocycles. The fourth-order valence-corrected chi connectivity index (χ4v) is 3.62. The van der Waals surface area contributed by atoms with Crippen LogP contribution in [0.2, 0.25) is 5.02 Å². The molecule has 88 valence electrons. The molecule has 0 unspecified atom stereocenters. The Bertz CT molecular complexity index is 575. The third kappa shape index (κ3) is 2.92. The van der Waals surface area contributed by atoms with Crippen molar-refractivity contribution >= 4 is 67.2 Å². The maximum Gasteiger partial charge on any atom is 0.204 e. The van der Waals surface area contributed by atoms with Crippen LogP contribution in [0.5, 0.6) is 0 Å². The van der Waals surface area contributed by atoms with E-state index in [1.165, 1.54) is 11.3 Å². The van der Waals surface area contributed by atoms with E-state index in [0.717, 1.165) is 17.8 Å². The molecule has 1 heterocycles. The normalized spacial score (nSPS) is 10.6. The summed E-state index contributed by atoms with van der Waals surface area (Å²) in [6.07, 6.45) is 0. The minimum atomic E-state index is 0.0238. The number of thiophene rings is 1. The lowest BCUT2D eigenvalue weighted by atomic mass is 10.1. The highest BCUT2D eigenvalue weighted by atomic mass is 127. The second kappa shape index (κ2) is 5.38. The first-order chi connectivity index (χ1) is 7.99. The van der Waals surface area contributed by atoms with Crippen molar-refractivity contribution in [3.05, 3.63) is 52.6 Å². The molecule has 17 heavy (non-hydrogen) atoms. The fraction of sp³-hybridized carbons (Fsp3) is 0.0833. The molecule has 0 saturated heterocycles. The number of rotatable bonds is 2. The van der Waals surface area contributed by atoms with Crippen LogP contribution in [0.4, 0.5) is 0 Å². The van der Waals surface area contributed by atoms with E-state index >= 15 is 0 Å². The third-order valence-electron chi connectivity index (χ3n) is 2.25. The summed E-state index contributed by atoms with van der Waals surface area (Å²) in [5.41, 5.74) is 0.659. The zero-order valence-corrected chi connectivity index (χ0v) is 14.1. The minimum absolute atomic E-state index is 0.0238. The molecule has 0 radical (unpaired) electrons. The topological polar surface area (TPSA) is 17.1 Å². The number of hydrogen-bond acceptors (Lipinski definition) is 2. The standard InChI is InChI=1S/C12H7BrClIOS/c1-6-9(13)5-11(17-6)12(16)8-4-7(14)2-3-10(8)15/h2-5H,1H3. The molecule has 0 atom stereocenters. The molecule has 0 spiro atoms. The summed E-state index contributed by atoms with van der Waals surface area (Å²) in [4.78, 5) is 14.1. The highest BCUT2D eigenvalue weighted by Gasteiger charge is 2.16.